The number of aliphatic carboxylic acids is 1. The fourth-order valence-corrected chi connectivity index (χ4v) is 3.76. The second kappa shape index (κ2) is 19.9. The molecule has 0 bridgehead atoms. The lowest BCUT2D eigenvalue weighted by Crippen LogP contribution is -2.57. The Balaban J connectivity index is 5.48. The van der Waals surface area contributed by atoms with Gasteiger partial charge in [0, 0.05) is 13.0 Å². The van der Waals surface area contributed by atoms with Gasteiger partial charge in [0.15, 0.2) is 5.96 Å². The highest BCUT2D eigenvalue weighted by molar-refractivity contribution is 7.98. The summed E-state index contributed by atoms with van der Waals surface area (Å²) >= 11 is 1.41. The van der Waals surface area contributed by atoms with Crippen molar-refractivity contribution in [3.05, 3.63) is 0 Å². The lowest BCUT2D eigenvalue weighted by molar-refractivity contribution is -0.142. The minimum atomic E-state index is -1.26. The third-order valence-electron chi connectivity index (χ3n) is 5.42. The van der Waals surface area contributed by atoms with E-state index in [1.54, 1.807) is 6.26 Å². The summed E-state index contributed by atoms with van der Waals surface area (Å²) < 4.78 is 0. The Hall–Kier alpha value is -3.11. The predicted molar refractivity (Wildman–Crippen MR) is 146 cm³/mol. The summed E-state index contributed by atoms with van der Waals surface area (Å²) in [4.78, 5) is 65.3. The van der Waals surface area contributed by atoms with Gasteiger partial charge in [-0.1, -0.05) is 0 Å². The number of hydrogen-bond acceptors (Lipinski definition) is 9. The Labute approximate surface area is 226 Å². The smallest absolute Gasteiger partial charge is 0.326 e. The molecule has 38 heavy (non-hydrogen) atoms. The van der Waals surface area contributed by atoms with E-state index in [9.17, 15) is 29.1 Å². The molecule has 4 amide bonds. The van der Waals surface area contributed by atoms with Crippen LogP contribution in [0.4, 0.5) is 0 Å². The van der Waals surface area contributed by atoms with Crippen molar-refractivity contribution in [2.75, 3.05) is 25.1 Å². The maximum absolute atomic E-state index is 13.1. The van der Waals surface area contributed by atoms with Crippen molar-refractivity contribution in [1.82, 2.24) is 16.0 Å². The highest BCUT2D eigenvalue weighted by Gasteiger charge is 2.30. The molecular weight excluding hydrogens is 518 g/mol. The van der Waals surface area contributed by atoms with E-state index in [2.05, 4.69) is 20.9 Å². The normalized spacial score (nSPS) is 13.9. The van der Waals surface area contributed by atoms with Gasteiger partial charge in [-0.25, -0.2) is 4.79 Å². The topological polar surface area (TPSA) is 284 Å². The number of carbonyl (C=O) groups excluding carboxylic acids is 4. The van der Waals surface area contributed by atoms with Crippen LogP contribution in [-0.4, -0.2) is 89.9 Å². The number of carboxylic acid groups (broad SMARTS) is 1. The van der Waals surface area contributed by atoms with Crippen LogP contribution in [0.3, 0.4) is 0 Å². The molecule has 0 rings (SSSR count). The lowest BCUT2D eigenvalue weighted by Gasteiger charge is -2.25. The van der Waals surface area contributed by atoms with Gasteiger partial charge in [0.2, 0.25) is 23.6 Å². The van der Waals surface area contributed by atoms with Gasteiger partial charge in [-0.05, 0) is 63.5 Å². The SMILES string of the molecule is CSCCC(NC(=O)C(CCC(N)=O)NC(=O)C(CCCCN)NC(=O)C(N)CCCN=C(N)N)C(=O)O. The molecule has 0 spiro atoms. The van der Waals surface area contributed by atoms with Crippen molar-refractivity contribution in [3.8, 4) is 0 Å². The second-order valence-corrected chi connectivity index (χ2v) is 9.63. The van der Waals surface area contributed by atoms with Gasteiger partial charge in [0.05, 0.1) is 6.04 Å². The molecule has 0 aromatic carbocycles. The Morgan fingerprint density at radius 1 is 0.816 bits per heavy atom. The number of hydrogen-bond donors (Lipinski definition) is 9. The number of carboxylic acids is 1. The Bertz CT molecular complexity index is 810. The number of guanidine groups is 1. The van der Waals surface area contributed by atoms with Crippen LogP contribution in [0.25, 0.3) is 0 Å². The maximum Gasteiger partial charge on any atom is 0.326 e. The number of carbonyl (C=O) groups is 5. The molecule has 4 atom stereocenters. The zero-order valence-corrected chi connectivity index (χ0v) is 22.6. The fraction of sp³-hybridized carbons (Fsp3) is 0.727. The molecular formula is C22H43N9O6S. The van der Waals surface area contributed by atoms with Gasteiger partial charge in [-0.2, -0.15) is 11.8 Å². The molecule has 0 fully saturated rings. The first-order chi connectivity index (χ1) is 17.9. The van der Waals surface area contributed by atoms with Crippen LogP contribution >= 0.6 is 11.8 Å². The van der Waals surface area contributed by atoms with Crippen LogP contribution in [0.1, 0.15) is 51.4 Å². The van der Waals surface area contributed by atoms with Gasteiger partial charge in [-0.15, -0.1) is 0 Å². The molecule has 0 saturated carbocycles. The number of nitrogens with two attached hydrogens (primary N) is 5. The summed E-state index contributed by atoms with van der Waals surface area (Å²) in [7, 11) is 0. The number of nitrogens with zero attached hydrogens (tertiary/aromatic N) is 1. The summed E-state index contributed by atoms with van der Waals surface area (Å²) in [6, 6.07) is -4.42. The largest absolute Gasteiger partial charge is 0.480 e. The Morgan fingerprint density at radius 2 is 1.39 bits per heavy atom. The van der Waals surface area contributed by atoms with Crippen LogP contribution in [0.2, 0.25) is 0 Å². The summed E-state index contributed by atoms with van der Waals surface area (Å²) in [5.74, 6) is -3.57. The van der Waals surface area contributed by atoms with Crippen LogP contribution < -0.4 is 44.6 Å². The van der Waals surface area contributed by atoms with Crippen molar-refractivity contribution in [1.29, 1.82) is 0 Å². The predicted octanol–water partition coefficient (Wildman–Crippen LogP) is -2.95. The number of primary amides is 1. The summed E-state index contributed by atoms with van der Waals surface area (Å²) in [5.41, 5.74) is 27.2. The van der Waals surface area contributed by atoms with E-state index in [0.717, 1.165) is 0 Å². The van der Waals surface area contributed by atoms with E-state index < -0.39 is 53.8 Å². The number of amides is 4. The van der Waals surface area contributed by atoms with Gasteiger partial charge in [-0.3, -0.25) is 24.2 Å². The zero-order valence-electron chi connectivity index (χ0n) is 21.8. The molecule has 4 unspecified atom stereocenters. The molecule has 0 radical (unpaired) electrons. The second-order valence-electron chi connectivity index (χ2n) is 8.65. The molecule has 0 aliphatic heterocycles. The van der Waals surface area contributed by atoms with E-state index in [-0.39, 0.29) is 44.6 Å². The number of unbranched alkanes of at least 4 members (excludes halogenated alkanes) is 1. The molecule has 16 heteroatoms. The monoisotopic (exact) mass is 561 g/mol. The van der Waals surface area contributed by atoms with Crippen LogP contribution in [0.5, 0.6) is 0 Å². The van der Waals surface area contributed by atoms with Crippen molar-refractivity contribution in [3.63, 3.8) is 0 Å². The van der Waals surface area contributed by atoms with Crippen LogP contribution in [0.15, 0.2) is 4.99 Å². The first-order valence-electron chi connectivity index (χ1n) is 12.3. The van der Waals surface area contributed by atoms with E-state index in [1.807, 2.05) is 0 Å². The van der Waals surface area contributed by atoms with E-state index in [0.29, 0.717) is 31.6 Å². The van der Waals surface area contributed by atoms with Crippen molar-refractivity contribution >= 4 is 47.3 Å². The fourth-order valence-electron chi connectivity index (χ4n) is 3.28. The Kier molecular flexibility index (Phi) is 18.3. The third-order valence-corrected chi connectivity index (χ3v) is 6.07. The lowest BCUT2D eigenvalue weighted by atomic mass is 10.0. The minimum Gasteiger partial charge on any atom is -0.480 e. The van der Waals surface area contributed by atoms with Crippen molar-refractivity contribution in [2.24, 2.45) is 33.7 Å². The molecule has 0 aliphatic carbocycles. The third kappa shape index (κ3) is 15.9. The molecule has 0 aromatic rings. The minimum absolute atomic E-state index is 0.0754. The molecule has 0 heterocycles. The number of aliphatic imine (C=N–C) groups is 1. The molecule has 14 N–H and O–H groups in total. The van der Waals surface area contributed by atoms with Crippen LogP contribution in [-0.2, 0) is 24.0 Å². The number of nitrogens with one attached hydrogen (secondary N) is 3. The standard InChI is InChI=1S/C22H43N9O6S/c1-38-12-9-16(21(36)37)31-20(35)15(7-8-17(25)32)30-19(34)14(6-2-3-10-23)29-18(33)13(24)5-4-11-28-22(26)27/h13-16H,2-12,23-24H2,1H3,(H2,25,32)(H,29,33)(H,30,34)(H,31,35)(H,36,37)(H4,26,27,28). The molecule has 0 aliphatic rings. The quantitative estimate of drug-likeness (QED) is 0.0388. The van der Waals surface area contributed by atoms with Crippen LogP contribution in [0, 0.1) is 0 Å². The summed E-state index contributed by atoms with van der Waals surface area (Å²) in [6.07, 6.45) is 3.58. The molecule has 218 valence electrons. The number of thioether (sulfide) groups is 1. The Morgan fingerprint density at radius 3 is 1.92 bits per heavy atom. The summed E-state index contributed by atoms with van der Waals surface area (Å²) in [6.45, 7) is 0.664. The molecule has 0 saturated heterocycles. The van der Waals surface area contributed by atoms with Gasteiger partial charge in [0.25, 0.3) is 0 Å². The number of rotatable bonds is 21. The zero-order chi connectivity index (χ0) is 29.1. The highest BCUT2D eigenvalue weighted by atomic mass is 32.2. The maximum atomic E-state index is 13.1. The van der Waals surface area contributed by atoms with Crippen molar-refractivity contribution < 1.29 is 29.1 Å². The average Bonchev–Trinajstić information content (AvgIpc) is 2.85. The first kappa shape index (κ1) is 34.9. The average molecular weight is 562 g/mol. The van der Waals surface area contributed by atoms with Gasteiger partial charge in [0.1, 0.15) is 18.1 Å². The molecule has 0 aromatic heterocycles. The highest BCUT2D eigenvalue weighted by Crippen LogP contribution is 2.07. The first-order valence-corrected chi connectivity index (χ1v) is 13.7. The molecule has 15 nitrogen and oxygen atoms in total. The summed E-state index contributed by atoms with van der Waals surface area (Å²) in [5, 5.41) is 16.9. The van der Waals surface area contributed by atoms with E-state index >= 15 is 0 Å². The van der Waals surface area contributed by atoms with Gasteiger partial charge < -0.3 is 49.7 Å². The van der Waals surface area contributed by atoms with Gasteiger partial charge >= 0.3 is 5.97 Å². The van der Waals surface area contributed by atoms with Crippen molar-refractivity contribution in [2.45, 2.75) is 75.5 Å². The van der Waals surface area contributed by atoms with E-state index in [4.69, 9.17) is 28.7 Å². The van der Waals surface area contributed by atoms with E-state index in [1.165, 1.54) is 11.8 Å².